The molecular weight excluding hydrogens is 381 g/mol. The minimum atomic E-state index is -4.50. The van der Waals surface area contributed by atoms with Gasteiger partial charge < -0.3 is 15.3 Å². The molecule has 4 rings (SSSR count). The number of likely N-dealkylation sites (N-methyl/N-ethyl adjacent to an activating group) is 1. The summed E-state index contributed by atoms with van der Waals surface area (Å²) in [6, 6.07) is 3.34. The molecule has 0 saturated carbocycles. The van der Waals surface area contributed by atoms with E-state index in [9.17, 15) is 18.3 Å². The third kappa shape index (κ3) is 4.17. The molecule has 2 aliphatic rings. The molecule has 1 saturated heterocycles. The zero-order valence-corrected chi connectivity index (χ0v) is 16.4. The van der Waals surface area contributed by atoms with Crippen molar-refractivity contribution >= 4 is 5.82 Å². The lowest BCUT2D eigenvalue weighted by Crippen LogP contribution is -2.40. The molecule has 1 aromatic heterocycles. The number of phenolic OH excluding ortho intramolecular Hbond substituents is 1. The molecule has 8 heteroatoms. The molecule has 2 N–H and O–H groups in total. The molecule has 29 heavy (non-hydrogen) atoms. The van der Waals surface area contributed by atoms with Crippen LogP contribution in [0.3, 0.4) is 0 Å². The second-order valence-electron chi connectivity index (χ2n) is 8.04. The van der Waals surface area contributed by atoms with Crippen molar-refractivity contribution in [3.8, 4) is 17.0 Å². The van der Waals surface area contributed by atoms with Crippen LogP contribution < -0.4 is 5.32 Å². The maximum atomic E-state index is 12.9. The Kier molecular flexibility index (Phi) is 5.38. The standard InChI is InChI=1S/C21H25F3N4O/c1-28-10-4-5-14(12-28)25-20-16-7-3-2-6-15(16)19(26-27-20)17-9-8-13(11-18(17)29)21(22,23)24/h8-9,11,14,29H,2-7,10,12H2,1H3,(H,25,27)/t14-/m1/s1. The average molecular weight is 406 g/mol. The Labute approximate surface area is 167 Å². The van der Waals surface area contributed by atoms with E-state index in [1.165, 1.54) is 6.07 Å². The summed E-state index contributed by atoms with van der Waals surface area (Å²) in [5, 5.41) is 22.5. The molecule has 1 atom stereocenters. The summed E-state index contributed by atoms with van der Waals surface area (Å²) < 4.78 is 38.8. The van der Waals surface area contributed by atoms with Gasteiger partial charge in [-0.05, 0) is 75.9 Å². The molecule has 0 amide bonds. The lowest BCUT2D eigenvalue weighted by atomic mass is 9.88. The van der Waals surface area contributed by atoms with Gasteiger partial charge >= 0.3 is 6.18 Å². The number of nitrogens with zero attached hydrogens (tertiary/aromatic N) is 3. The number of aromatic nitrogens is 2. The van der Waals surface area contributed by atoms with E-state index in [1.54, 1.807) is 0 Å². The van der Waals surface area contributed by atoms with E-state index in [4.69, 9.17) is 0 Å². The number of halogens is 3. The van der Waals surface area contributed by atoms with Crippen LogP contribution in [0.2, 0.25) is 0 Å². The largest absolute Gasteiger partial charge is 0.507 e. The Balaban J connectivity index is 1.69. The van der Waals surface area contributed by atoms with Gasteiger partial charge in [0.15, 0.2) is 5.82 Å². The third-order valence-corrected chi connectivity index (χ3v) is 5.84. The lowest BCUT2D eigenvalue weighted by molar-refractivity contribution is -0.137. The van der Waals surface area contributed by atoms with Crippen molar-refractivity contribution < 1.29 is 18.3 Å². The topological polar surface area (TPSA) is 61.3 Å². The van der Waals surface area contributed by atoms with Crippen LogP contribution in [0.1, 0.15) is 42.4 Å². The molecular formula is C21H25F3N4O. The Hall–Kier alpha value is -2.35. The molecule has 1 aliphatic heterocycles. The molecule has 1 fully saturated rings. The summed E-state index contributed by atoms with van der Waals surface area (Å²) >= 11 is 0. The minimum absolute atomic E-state index is 0.299. The number of benzene rings is 1. The van der Waals surface area contributed by atoms with Crippen molar-refractivity contribution in [1.82, 2.24) is 15.1 Å². The highest BCUT2D eigenvalue weighted by Crippen LogP contribution is 2.39. The molecule has 1 aromatic carbocycles. The van der Waals surface area contributed by atoms with Crippen LogP contribution in [0.25, 0.3) is 11.3 Å². The highest BCUT2D eigenvalue weighted by atomic mass is 19.4. The number of aromatic hydroxyl groups is 1. The summed E-state index contributed by atoms with van der Waals surface area (Å²) in [6.07, 6.45) is 1.35. The molecule has 1 aliphatic carbocycles. The summed E-state index contributed by atoms with van der Waals surface area (Å²) in [4.78, 5) is 2.29. The lowest BCUT2D eigenvalue weighted by Gasteiger charge is -2.31. The molecule has 156 valence electrons. The van der Waals surface area contributed by atoms with Gasteiger partial charge in [-0.25, -0.2) is 0 Å². The summed E-state index contributed by atoms with van der Waals surface area (Å²) in [5.74, 6) is 0.353. The quantitative estimate of drug-likeness (QED) is 0.798. The number of rotatable bonds is 3. The first-order valence-corrected chi connectivity index (χ1v) is 10.1. The average Bonchev–Trinajstić information content (AvgIpc) is 2.68. The Bertz CT molecular complexity index is 900. The number of hydrogen-bond donors (Lipinski definition) is 2. The van der Waals surface area contributed by atoms with Gasteiger partial charge in [0.25, 0.3) is 0 Å². The molecule has 2 heterocycles. The van der Waals surface area contributed by atoms with Gasteiger partial charge in [0.2, 0.25) is 0 Å². The minimum Gasteiger partial charge on any atom is -0.507 e. The predicted molar refractivity (Wildman–Crippen MR) is 105 cm³/mol. The summed E-state index contributed by atoms with van der Waals surface area (Å²) in [5.41, 5.74) is 1.96. The number of anilines is 1. The van der Waals surface area contributed by atoms with Crippen molar-refractivity contribution in [1.29, 1.82) is 0 Å². The third-order valence-electron chi connectivity index (χ3n) is 5.84. The summed E-state index contributed by atoms with van der Waals surface area (Å²) in [7, 11) is 2.10. The van der Waals surface area contributed by atoms with Crippen LogP contribution in [0, 0.1) is 0 Å². The molecule has 0 bridgehead atoms. The Morgan fingerprint density at radius 2 is 1.86 bits per heavy atom. The van der Waals surface area contributed by atoms with Crippen LogP contribution in [-0.2, 0) is 19.0 Å². The second-order valence-corrected chi connectivity index (χ2v) is 8.04. The Morgan fingerprint density at radius 1 is 1.10 bits per heavy atom. The smallest absolute Gasteiger partial charge is 0.416 e. The van der Waals surface area contributed by atoms with Gasteiger partial charge in [0.1, 0.15) is 11.4 Å². The fourth-order valence-electron chi connectivity index (χ4n) is 4.37. The maximum Gasteiger partial charge on any atom is 0.416 e. The van der Waals surface area contributed by atoms with Gasteiger partial charge in [-0.1, -0.05) is 0 Å². The van der Waals surface area contributed by atoms with Crippen LogP contribution in [0.4, 0.5) is 19.0 Å². The number of phenols is 1. The van der Waals surface area contributed by atoms with Crippen LogP contribution >= 0.6 is 0 Å². The zero-order valence-electron chi connectivity index (χ0n) is 16.4. The van der Waals surface area contributed by atoms with Gasteiger partial charge in [-0.2, -0.15) is 13.2 Å². The van der Waals surface area contributed by atoms with Crippen molar-refractivity contribution in [2.24, 2.45) is 0 Å². The van der Waals surface area contributed by atoms with Crippen LogP contribution in [0.15, 0.2) is 18.2 Å². The maximum absolute atomic E-state index is 12.9. The van der Waals surface area contributed by atoms with Crippen LogP contribution in [-0.4, -0.2) is 46.4 Å². The summed E-state index contributed by atoms with van der Waals surface area (Å²) in [6.45, 7) is 2.03. The van der Waals surface area contributed by atoms with E-state index in [-0.39, 0.29) is 0 Å². The number of nitrogens with one attached hydrogen (secondary N) is 1. The first-order valence-electron chi connectivity index (χ1n) is 10.1. The number of fused-ring (bicyclic) bond motifs is 1. The number of piperidine rings is 1. The van der Waals surface area contributed by atoms with Crippen molar-refractivity contribution in [3.05, 3.63) is 34.9 Å². The van der Waals surface area contributed by atoms with Gasteiger partial charge in [-0.3, -0.25) is 0 Å². The van der Waals surface area contributed by atoms with E-state index >= 15 is 0 Å². The molecule has 0 spiro atoms. The second kappa shape index (κ2) is 7.82. The normalized spacial score (nSPS) is 20.3. The highest BCUT2D eigenvalue weighted by Gasteiger charge is 2.32. The SMILES string of the molecule is CN1CCC[C@@H](Nc2nnc(-c3ccc(C(F)(F)F)cc3O)c3c2CCCC3)C1. The van der Waals surface area contributed by atoms with E-state index < -0.39 is 17.5 Å². The van der Waals surface area contributed by atoms with E-state index in [0.29, 0.717) is 17.3 Å². The molecule has 5 nitrogen and oxygen atoms in total. The fourth-order valence-corrected chi connectivity index (χ4v) is 4.37. The zero-order chi connectivity index (χ0) is 20.6. The predicted octanol–water partition coefficient (Wildman–Crippen LogP) is 4.25. The Morgan fingerprint density at radius 3 is 2.55 bits per heavy atom. The van der Waals surface area contributed by atoms with Crippen molar-refractivity contribution in [2.45, 2.75) is 50.7 Å². The van der Waals surface area contributed by atoms with Gasteiger partial charge in [-0.15, -0.1) is 10.2 Å². The number of likely N-dealkylation sites (tertiary alicyclic amines) is 1. The molecule has 0 unspecified atom stereocenters. The van der Waals surface area contributed by atoms with E-state index in [1.807, 2.05) is 0 Å². The van der Waals surface area contributed by atoms with Crippen molar-refractivity contribution in [3.63, 3.8) is 0 Å². The first kappa shape index (κ1) is 19.9. The molecule has 2 aromatic rings. The van der Waals surface area contributed by atoms with Gasteiger partial charge in [0.05, 0.1) is 5.56 Å². The highest BCUT2D eigenvalue weighted by molar-refractivity contribution is 5.73. The van der Waals surface area contributed by atoms with Crippen LogP contribution in [0.5, 0.6) is 5.75 Å². The molecule has 0 radical (unpaired) electrons. The van der Waals surface area contributed by atoms with E-state index in [2.05, 4.69) is 27.5 Å². The fraction of sp³-hybridized carbons (Fsp3) is 0.524. The number of hydrogen-bond acceptors (Lipinski definition) is 5. The monoisotopic (exact) mass is 406 g/mol. The van der Waals surface area contributed by atoms with Gasteiger partial charge in [0, 0.05) is 23.7 Å². The number of alkyl halides is 3. The first-order chi connectivity index (χ1) is 13.8. The van der Waals surface area contributed by atoms with Crippen molar-refractivity contribution in [2.75, 3.05) is 25.5 Å². The van der Waals surface area contributed by atoms with E-state index in [0.717, 1.165) is 80.7 Å².